The van der Waals surface area contributed by atoms with Gasteiger partial charge in [0.25, 0.3) is 5.56 Å². The minimum absolute atomic E-state index is 0.0868. The number of aromatic nitrogens is 2. The summed E-state index contributed by atoms with van der Waals surface area (Å²) in [5, 5.41) is 2.24. The van der Waals surface area contributed by atoms with Gasteiger partial charge < -0.3 is 4.74 Å². The van der Waals surface area contributed by atoms with Crippen LogP contribution < -0.4 is 10.3 Å². The standard InChI is InChI=1S/C24H19Cl3N2O2/c1-15-13-18(26)14-20(27)22(15)31-12-4-11-29-23(16-7-9-17(25)10-8-16)28-21-6-3-2-5-19(21)24(29)30/h2-3,5-10,13-14H,4,11-12H2,1H3. The maximum atomic E-state index is 13.2. The molecule has 0 atom stereocenters. The van der Waals surface area contributed by atoms with Crippen molar-refractivity contribution in [1.82, 2.24) is 9.55 Å². The fraction of sp³-hybridized carbons (Fsp3) is 0.167. The number of rotatable bonds is 6. The van der Waals surface area contributed by atoms with Crippen LogP contribution in [-0.2, 0) is 6.54 Å². The van der Waals surface area contributed by atoms with E-state index in [0.717, 1.165) is 11.1 Å². The molecule has 3 aromatic carbocycles. The first kappa shape index (κ1) is 21.7. The predicted molar refractivity (Wildman–Crippen MR) is 128 cm³/mol. The molecular formula is C24H19Cl3N2O2. The molecule has 7 heteroatoms. The lowest BCUT2D eigenvalue weighted by Crippen LogP contribution is -2.24. The monoisotopic (exact) mass is 472 g/mol. The Morgan fingerprint density at radius 1 is 0.968 bits per heavy atom. The highest BCUT2D eigenvalue weighted by molar-refractivity contribution is 6.35. The highest BCUT2D eigenvalue weighted by atomic mass is 35.5. The van der Waals surface area contributed by atoms with Gasteiger partial charge in [0.15, 0.2) is 0 Å². The molecule has 0 radical (unpaired) electrons. The molecule has 4 nitrogen and oxygen atoms in total. The second-order valence-corrected chi connectivity index (χ2v) is 8.43. The first-order chi connectivity index (χ1) is 14.9. The summed E-state index contributed by atoms with van der Waals surface area (Å²) in [7, 11) is 0. The van der Waals surface area contributed by atoms with Gasteiger partial charge in [0.2, 0.25) is 0 Å². The SMILES string of the molecule is Cc1cc(Cl)cc(Cl)c1OCCCn1c(-c2ccc(Cl)cc2)nc2ccccc2c1=O. The third-order valence-electron chi connectivity index (χ3n) is 4.93. The number of aryl methyl sites for hydroxylation is 1. The maximum Gasteiger partial charge on any atom is 0.261 e. The lowest BCUT2D eigenvalue weighted by molar-refractivity contribution is 0.299. The zero-order chi connectivity index (χ0) is 22.0. The van der Waals surface area contributed by atoms with Crippen LogP contribution in [0.25, 0.3) is 22.3 Å². The van der Waals surface area contributed by atoms with Crippen LogP contribution in [0.5, 0.6) is 5.75 Å². The molecule has 0 saturated heterocycles. The van der Waals surface area contributed by atoms with Gasteiger partial charge in [-0.2, -0.15) is 0 Å². The van der Waals surface area contributed by atoms with E-state index < -0.39 is 0 Å². The lowest BCUT2D eigenvalue weighted by Gasteiger charge is -2.15. The molecule has 0 spiro atoms. The van der Waals surface area contributed by atoms with E-state index in [2.05, 4.69) is 0 Å². The van der Waals surface area contributed by atoms with Crippen molar-refractivity contribution in [3.8, 4) is 17.1 Å². The maximum absolute atomic E-state index is 13.2. The summed E-state index contributed by atoms with van der Waals surface area (Å²) < 4.78 is 7.57. The van der Waals surface area contributed by atoms with Crippen LogP contribution in [0.3, 0.4) is 0 Å². The zero-order valence-corrected chi connectivity index (χ0v) is 19.0. The molecule has 4 rings (SSSR count). The number of fused-ring (bicyclic) bond motifs is 1. The van der Waals surface area contributed by atoms with Crippen molar-refractivity contribution in [3.63, 3.8) is 0 Å². The summed E-state index contributed by atoms with van der Waals surface area (Å²) in [5.41, 5.74) is 2.26. The first-order valence-electron chi connectivity index (χ1n) is 9.78. The van der Waals surface area contributed by atoms with Gasteiger partial charge in [-0.25, -0.2) is 4.98 Å². The van der Waals surface area contributed by atoms with Crippen LogP contribution in [0.2, 0.25) is 15.1 Å². The molecule has 0 aliphatic rings. The summed E-state index contributed by atoms with van der Waals surface area (Å²) in [4.78, 5) is 18.0. The van der Waals surface area contributed by atoms with Crippen LogP contribution in [0.15, 0.2) is 65.5 Å². The molecule has 4 aromatic rings. The van der Waals surface area contributed by atoms with Gasteiger partial charge >= 0.3 is 0 Å². The van der Waals surface area contributed by atoms with Crippen molar-refractivity contribution in [1.29, 1.82) is 0 Å². The van der Waals surface area contributed by atoms with E-state index in [-0.39, 0.29) is 5.56 Å². The van der Waals surface area contributed by atoms with Crippen molar-refractivity contribution < 1.29 is 4.74 Å². The second kappa shape index (κ2) is 9.31. The Bertz CT molecular complexity index is 1280. The number of halogens is 3. The van der Waals surface area contributed by atoms with Gasteiger partial charge in [0.05, 0.1) is 22.5 Å². The molecule has 0 aliphatic heterocycles. The molecule has 0 N–H and O–H groups in total. The minimum Gasteiger partial charge on any atom is -0.492 e. The third-order valence-corrected chi connectivity index (χ3v) is 5.68. The molecular weight excluding hydrogens is 455 g/mol. The molecule has 31 heavy (non-hydrogen) atoms. The highest BCUT2D eigenvalue weighted by Gasteiger charge is 2.13. The average molecular weight is 474 g/mol. The normalized spacial score (nSPS) is 11.1. The summed E-state index contributed by atoms with van der Waals surface area (Å²) in [6.07, 6.45) is 0.596. The number of hydrogen-bond donors (Lipinski definition) is 0. The number of para-hydroxylation sites is 1. The van der Waals surface area contributed by atoms with Gasteiger partial charge in [0.1, 0.15) is 11.6 Å². The zero-order valence-electron chi connectivity index (χ0n) is 16.7. The molecule has 0 unspecified atom stereocenters. The topological polar surface area (TPSA) is 44.1 Å². The van der Waals surface area contributed by atoms with Gasteiger partial charge in [-0.05, 0) is 67.4 Å². The average Bonchev–Trinajstić information content (AvgIpc) is 2.74. The fourth-order valence-corrected chi connectivity index (χ4v) is 4.24. The molecule has 0 amide bonds. The predicted octanol–water partition coefficient (Wildman–Crippen LogP) is 6.80. The van der Waals surface area contributed by atoms with Crippen molar-refractivity contribution in [2.45, 2.75) is 19.9 Å². The van der Waals surface area contributed by atoms with E-state index in [0.29, 0.717) is 57.1 Å². The minimum atomic E-state index is -0.0868. The number of nitrogens with zero attached hydrogens (tertiary/aromatic N) is 2. The van der Waals surface area contributed by atoms with Crippen molar-refractivity contribution in [3.05, 3.63) is 91.6 Å². The quantitative estimate of drug-likeness (QED) is 0.289. The molecule has 0 saturated carbocycles. The molecule has 0 aliphatic carbocycles. The number of hydrogen-bond acceptors (Lipinski definition) is 3. The molecule has 1 heterocycles. The smallest absolute Gasteiger partial charge is 0.261 e. The Kier molecular flexibility index (Phi) is 6.51. The van der Waals surface area contributed by atoms with E-state index in [1.165, 1.54) is 0 Å². The Balaban J connectivity index is 1.62. The second-order valence-electron chi connectivity index (χ2n) is 7.15. The van der Waals surface area contributed by atoms with Gasteiger partial charge in [0, 0.05) is 22.2 Å². The number of benzene rings is 3. The summed E-state index contributed by atoms with van der Waals surface area (Å²) >= 11 is 18.3. The van der Waals surface area contributed by atoms with E-state index in [9.17, 15) is 4.79 Å². The largest absolute Gasteiger partial charge is 0.492 e. The third kappa shape index (κ3) is 4.72. The van der Waals surface area contributed by atoms with Crippen molar-refractivity contribution >= 4 is 45.7 Å². The van der Waals surface area contributed by atoms with Crippen LogP contribution >= 0.6 is 34.8 Å². The van der Waals surface area contributed by atoms with E-state index >= 15 is 0 Å². The fourth-order valence-electron chi connectivity index (χ4n) is 3.46. The van der Waals surface area contributed by atoms with Gasteiger partial charge in [-0.1, -0.05) is 46.9 Å². The summed E-state index contributed by atoms with van der Waals surface area (Å²) in [6, 6.07) is 18.1. The Morgan fingerprint density at radius 3 is 2.45 bits per heavy atom. The van der Waals surface area contributed by atoms with E-state index in [1.807, 2.05) is 37.3 Å². The van der Waals surface area contributed by atoms with E-state index in [4.69, 9.17) is 44.5 Å². The van der Waals surface area contributed by atoms with Crippen molar-refractivity contribution in [2.24, 2.45) is 0 Å². The molecule has 0 fully saturated rings. The van der Waals surface area contributed by atoms with Gasteiger partial charge in [-0.15, -0.1) is 0 Å². The van der Waals surface area contributed by atoms with Crippen LogP contribution in [-0.4, -0.2) is 16.2 Å². The molecule has 1 aromatic heterocycles. The highest BCUT2D eigenvalue weighted by Crippen LogP contribution is 2.32. The Labute approximate surface area is 195 Å². The van der Waals surface area contributed by atoms with Crippen molar-refractivity contribution in [2.75, 3.05) is 6.61 Å². The Hall–Kier alpha value is -2.53. The van der Waals surface area contributed by atoms with Crippen LogP contribution in [0, 0.1) is 6.92 Å². The van der Waals surface area contributed by atoms with Crippen LogP contribution in [0.1, 0.15) is 12.0 Å². The first-order valence-corrected chi connectivity index (χ1v) is 10.9. The van der Waals surface area contributed by atoms with Crippen LogP contribution in [0.4, 0.5) is 0 Å². The van der Waals surface area contributed by atoms with Gasteiger partial charge in [-0.3, -0.25) is 9.36 Å². The molecule has 158 valence electrons. The summed E-state index contributed by atoms with van der Waals surface area (Å²) in [5.74, 6) is 1.20. The lowest BCUT2D eigenvalue weighted by atomic mass is 10.1. The Morgan fingerprint density at radius 2 is 1.71 bits per heavy atom. The molecule has 0 bridgehead atoms. The van der Waals surface area contributed by atoms with E-state index in [1.54, 1.807) is 34.9 Å². The number of ether oxygens (including phenoxy) is 1. The summed E-state index contributed by atoms with van der Waals surface area (Å²) in [6.45, 7) is 2.73.